The summed E-state index contributed by atoms with van der Waals surface area (Å²) in [5.41, 5.74) is 0.619. The molecule has 6 heteroatoms. The van der Waals surface area contributed by atoms with Crippen molar-refractivity contribution in [3.05, 3.63) is 47.0 Å². The van der Waals surface area contributed by atoms with Crippen molar-refractivity contribution in [1.29, 1.82) is 0 Å². The van der Waals surface area contributed by atoms with Gasteiger partial charge in [0, 0.05) is 13.0 Å². The van der Waals surface area contributed by atoms with Gasteiger partial charge in [0.05, 0.1) is 0 Å². The highest BCUT2D eigenvalue weighted by atomic mass is 19.2. The molecule has 1 N–H and O–H groups in total. The predicted octanol–water partition coefficient (Wildman–Crippen LogP) is 2.05. The third kappa shape index (κ3) is 2.96. The van der Waals surface area contributed by atoms with Crippen LogP contribution in [0.3, 0.4) is 0 Å². The fraction of sp³-hybridized carbons (Fsp3) is 0.385. The molecular formula is C13H15F2N3O. The molecule has 0 aliphatic heterocycles. The molecule has 1 heterocycles. The minimum atomic E-state index is -0.874. The molecule has 0 saturated heterocycles. The molecule has 0 spiro atoms. The lowest BCUT2D eigenvalue weighted by Crippen LogP contribution is -2.08. The van der Waals surface area contributed by atoms with Crippen molar-refractivity contribution >= 4 is 0 Å². The third-order valence-electron chi connectivity index (χ3n) is 2.84. The molecule has 0 radical (unpaired) electrons. The Bertz CT molecular complexity index is 569. The van der Waals surface area contributed by atoms with Crippen LogP contribution in [0, 0.1) is 11.6 Å². The largest absolute Gasteiger partial charge is 0.388 e. The Morgan fingerprint density at radius 2 is 1.89 bits per heavy atom. The fourth-order valence-electron chi connectivity index (χ4n) is 1.93. The Hall–Kier alpha value is -1.82. The number of aliphatic hydroxyl groups is 1. The van der Waals surface area contributed by atoms with Gasteiger partial charge in [0.15, 0.2) is 17.5 Å². The zero-order valence-corrected chi connectivity index (χ0v) is 10.6. The first-order valence-electron chi connectivity index (χ1n) is 6.11. The van der Waals surface area contributed by atoms with Crippen molar-refractivity contribution in [3.8, 4) is 0 Å². The first kappa shape index (κ1) is 13.6. The van der Waals surface area contributed by atoms with Crippen molar-refractivity contribution in [2.75, 3.05) is 0 Å². The third-order valence-corrected chi connectivity index (χ3v) is 2.84. The fourth-order valence-corrected chi connectivity index (χ4v) is 1.93. The number of benzene rings is 1. The maximum absolute atomic E-state index is 13.1. The van der Waals surface area contributed by atoms with E-state index in [9.17, 15) is 13.9 Å². The van der Waals surface area contributed by atoms with E-state index in [1.54, 1.807) is 4.57 Å². The van der Waals surface area contributed by atoms with Gasteiger partial charge in [0.1, 0.15) is 12.4 Å². The zero-order chi connectivity index (χ0) is 13.8. The van der Waals surface area contributed by atoms with E-state index in [0.717, 1.165) is 18.6 Å². The summed E-state index contributed by atoms with van der Waals surface area (Å²) in [6.45, 7) is 2.50. The van der Waals surface area contributed by atoms with Crippen molar-refractivity contribution in [2.45, 2.75) is 32.9 Å². The normalized spacial score (nSPS) is 10.9. The molecule has 1 aromatic carbocycles. The quantitative estimate of drug-likeness (QED) is 0.902. The smallest absolute Gasteiger partial charge is 0.159 e. The molecule has 0 amide bonds. The van der Waals surface area contributed by atoms with Crippen molar-refractivity contribution in [2.24, 2.45) is 0 Å². The number of rotatable bonds is 5. The number of nitrogens with zero attached hydrogens (tertiary/aromatic N) is 3. The highest BCUT2D eigenvalue weighted by molar-refractivity contribution is 5.21. The van der Waals surface area contributed by atoms with E-state index in [1.165, 1.54) is 6.07 Å². The van der Waals surface area contributed by atoms with Crippen LogP contribution < -0.4 is 0 Å². The molecule has 4 nitrogen and oxygen atoms in total. The van der Waals surface area contributed by atoms with Gasteiger partial charge in [-0.2, -0.15) is 0 Å². The molecule has 1 aromatic heterocycles. The summed E-state index contributed by atoms with van der Waals surface area (Å²) in [7, 11) is 0. The highest BCUT2D eigenvalue weighted by Gasteiger charge is 2.12. The number of hydrogen-bond acceptors (Lipinski definition) is 3. The Morgan fingerprint density at radius 1 is 1.16 bits per heavy atom. The van der Waals surface area contributed by atoms with Crippen LogP contribution >= 0.6 is 0 Å². The molecule has 0 atom stereocenters. The lowest BCUT2D eigenvalue weighted by molar-refractivity contribution is 0.264. The Labute approximate surface area is 109 Å². The van der Waals surface area contributed by atoms with Gasteiger partial charge in [-0.1, -0.05) is 13.0 Å². The molecule has 0 aliphatic rings. The van der Waals surface area contributed by atoms with Crippen LogP contribution in [0.5, 0.6) is 0 Å². The van der Waals surface area contributed by atoms with Gasteiger partial charge in [-0.15, -0.1) is 10.2 Å². The van der Waals surface area contributed by atoms with E-state index < -0.39 is 11.6 Å². The first-order valence-corrected chi connectivity index (χ1v) is 6.11. The Balaban J connectivity index is 2.27. The van der Waals surface area contributed by atoms with Gasteiger partial charge in [-0.25, -0.2) is 8.78 Å². The average molecular weight is 267 g/mol. The maximum atomic E-state index is 13.1. The average Bonchev–Trinajstić information content (AvgIpc) is 2.77. The van der Waals surface area contributed by atoms with E-state index in [-0.39, 0.29) is 6.61 Å². The van der Waals surface area contributed by atoms with Gasteiger partial charge in [-0.3, -0.25) is 0 Å². The second-order valence-electron chi connectivity index (χ2n) is 4.27. The molecule has 19 heavy (non-hydrogen) atoms. The molecule has 0 aliphatic carbocycles. The summed E-state index contributed by atoms with van der Waals surface area (Å²) in [6, 6.07) is 3.76. The van der Waals surface area contributed by atoms with Gasteiger partial charge in [0.2, 0.25) is 0 Å². The molecule has 0 unspecified atom stereocenters. The van der Waals surface area contributed by atoms with E-state index >= 15 is 0 Å². The van der Waals surface area contributed by atoms with Gasteiger partial charge < -0.3 is 9.67 Å². The summed E-state index contributed by atoms with van der Waals surface area (Å²) >= 11 is 0. The van der Waals surface area contributed by atoms with Gasteiger partial charge in [0.25, 0.3) is 0 Å². The minimum absolute atomic E-state index is 0.190. The highest BCUT2D eigenvalue weighted by Crippen LogP contribution is 2.14. The van der Waals surface area contributed by atoms with Crippen molar-refractivity contribution in [3.63, 3.8) is 0 Å². The monoisotopic (exact) mass is 267 g/mol. The van der Waals surface area contributed by atoms with E-state index in [1.807, 2.05) is 6.92 Å². The van der Waals surface area contributed by atoms with Crippen LogP contribution in [0.25, 0.3) is 0 Å². The summed E-state index contributed by atoms with van der Waals surface area (Å²) in [4.78, 5) is 0. The zero-order valence-electron chi connectivity index (χ0n) is 10.6. The molecule has 0 fully saturated rings. The molecular weight excluding hydrogens is 252 g/mol. The van der Waals surface area contributed by atoms with Crippen LogP contribution in [0.1, 0.15) is 30.6 Å². The standard InChI is InChI=1S/C13H15F2N3O/c1-2-5-18-12(16-17-13(18)8-19)7-9-3-4-10(14)11(15)6-9/h3-4,6,19H,2,5,7-8H2,1H3. The Kier molecular flexibility index (Phi) is 4.21. The second kappa shape index (κ2) is 5.88. The maximum Gasteiger partial charge on any atom is 0.159 e. The van der Waals surface area contributed by atoms with Crippen molar-refractivity contribution in [1.82, 2.24) is 14.8 Å². The van der Waals surface area contributed by atoms with Crippen LogP contribution in [-0.4, -0.2) is 19.9 Å². The SMILES string of the molecule is CCCn1c(CO)nnc1Cc1ccc(F)c(F)c1. The van der Waals surface area contributed by atoms with E-state index in [0.29, 0.717) is 30.2 Å². The molecule has 0 saturated carbocycles. The van der Waals surface area contributed by atoms with Crippen LogP contribution in [0.15, 0.2) is 18.2 Å². The van der Waals surface area contributed by atoms with Crippen LogP contribution in [0.4, 0.5) is 8.78 Å². The molecule has 2 rings (SSSR count). The van der Waals surface area contributed by atoms with Crippen molar-refractivity contribution < 1.29 is 13.9 Å². The van der Waals surface area contributed by atoms with E-state index in [4.69, 9.17) is 0 Å². The first-order chi connectivity index (χ1) is 9.15. The summed E-state index contributed by atoms with van der Waals surface area (Å²) in [6.07, 6.45) is 1.22. The minimum Gasteiger partial charge on any atom is -0.388 e. The Morgan fingerprint density at radius 3 is 2.53 bits per heavy atom. The lowest BCUT2D eigenvalue weighted by Gasteiger charge is -2.08. The second-order valence-corrected chi connectivity index (χ2v) is 4.27. The topological polar surface area (TPSA) is 50.9 Å². The van der Waals surface area contributed by atoms with Gasteiger partial charge in [-0.05, 0) is 24.1 Å². The van der Waals surface area contributed by atoms with E-state index in [2.05, 4.69) is 10.2 Å². The summed E-state index contributed by atoms with van der Waals surface area (Å²) < 4.78 is 27.8. The molecule has 0 bridgehead atoms. The van der Waals surface area contributed by atoms with Crippen LogP contribution in [-0.2, 0) is 19.6 Å². The summed E-state index contributed by atoms with van der Waals surface area (Å²) in [5, 5.41) is 17.0. The summed E-state index contributed by atoms with van der Waals surface area (Å²) in [5.74, 6) is -0.618. The lowest BCUT2D eigenvalue weighted by atomic mass is 10.1. The number of aromatic nitrogens is 3. The number of hydrogen-bond donors (Lipinski definition) is 1. The number of halogens is 2. The molecule has 102 valence electrons. The predicted molar refractivity (Wildman–Crippen MR) is 65.4 cm³/mol. The number of aliphatic hydroxyl groups excluding tert-OH is 1. The van der Waals surface area contributed by atoms with Crippen LogP contribution in [0.2, 0.25) is 0 Å². The van der Waals surface area contributed by atoms with Gasteiger partial charge >= 0.3 is 0 Å². The molecule has 2 aromatic rings.